The molecule has 4 unspecified atom stereocenters. The predicted octanol–water partition coefficient (Wildman–Crippen LogP) is -2.24. The molecule has 0 saturated heterocycles. The van der Waals surface area contributed by atoms with Crippen molar-refractivity contribution in [3.8, 4) is 0 Å². The molecule has 3 amide bonds. The van der Waals surface area contributed by atoms with Crippen LogP contribution in [0.1, 0.15) is 52.4 Å². The van der Waals surface area contributed by atoms with Crippen LogP contribution in [0.4, 0.5) is 0 Å². The first-order valence-corrected chi connectivity index (χ1v) is 11.0. The van der Waals surface area contributed by atoms with Crippen LogP contribution in [-0.4, -0.2) is 77.8 Å². The molecule has 186 valence electrons. The van der Waals surface area contributed by atoms with Gasteiger partial charge < -0.3 is 43.4 Å². The maximum atomic E-state index is 12.7. The van der Waals surface area contributed by atoms with Crippen LogP contribution in [0, 0.1) is 5.92 Å². The lowest BCUT2D eigenvalue weighted by Crippen LogP contribution is -2.59. The summed E-state index contributed by atoms with van der Waals surface area (Å²) in [4.78, 5) is 48.9. The molecule has 0 radical (unpaired) electrons. The summed E-state index contributed by atoms with van der Waals surface area (Å²) < 4.78 is 0. The fourth-order valence-electron chi connectivity index (χ4n) is 2.91. The van der Waals surface area contributed by atoms with Crippen LogP contribution in [0.15, 0.2) is 0 Å². The monoisotopic (exact) mass is 460 g/mol. The van der Waals surface area contributed by atoms with Crippen LogP contribution in [-0.2, 0) is 19.2 Å². The Balaban J connectivity index is 5.04. The number of unbranched alkanes of at least 4 members (excludes halogenated alkanes) is 2. The molecule has 0 heterocycles. The Morgan fingerprint density at radius 2 is 1.31 bits per heavy atom. The van der Waals surface area contributed by atoms with Crippen LogP contribution in [0.2, 0.25) is 0 Å². The highest BCUT2D eigenvalue weighted by Crippen LogP contribution is 2.07. The number of carboxylic acids is 1. The summed E-state index contributed by atoms with van der Waals surface area (Å²) >= 11 is 0. The van der Waals surface area contributed by atoms with E-state index in [2.05, 4.69) is 16.0 Å². The first-order valence-electron chi connectivity index (χ1n) is 11.0. The fourth-order valence-corrected chi connectivity index (χ4v) is 2.91. The first kappa shape index (κ1) is 29.7. The summed E-state index contributed by atoms with van der Waals surface area (Å²) in [7, 11) is 0. The van der Waals surface area contributed by atoms with E-state index in [9.17, 15) is 29.4 Å². The van der Waals surface area contributed by atoms with Crippen molar-refractivity contribution in [2.45, 2.75) is 76.5 Å². The van der Waals surface area contributed by atoms with E-state index in [-0.39, 0.29) is 12.3 Å². The second-order valence-corrected chi connectivity index (χ2v) is 8.05. The molecule has 0 aliphatic carbocycles. The molecule has 32 heavy (non-hydrogen) atoms. The zero-order valence-corrected chi connectivity index (χ0v) is 19.0. The number of amides is 3. The van der Waals surface area contributed by atoms with Crippen molar-refractivity contribution >= 4 is 23.7 Å². The summed E-state index contributed by atoms with van der Waals surface area (Å²) in [6.07, 6.45) is 3.08. The van der Waals surface area contributed by atoms with E-state index in [4.69, 9.17) is 17.2 Å². The van der Waals surface area contributed by atoms with E-state index in [1.165, 1.54) is 0 Å². The lowest BCUT2D eigenvalue weighted by Gasteiger charge is -2.26. The van der Waals surface area contributed by atoms with Crippen molar-refractivity contribution in [2.24, 2.45) is 23.1 Å². The van der Waals surface area contributed by atoms with Gasteiger partial charge in [-0.1, -0.05) is 20.3 Å². The number of aliphatic carboxylic acids is 1. The van der Waals surface area contributed by atoms with Gasteiger partial charge in [-0.2, -0.15) is 0 Å². The van der Waals surface area contributed by atoms with Crippen LogP contribution in [0.3, 0.4) is 0 Å². The van der Waals surface area contributed by atoms with Crippen LogP contribution >= 0.6 is 0 Å². The van der Waals surface area contributed by atoms with E-state index >= 15 is 0 Å². The lowest BCUT2D eigenvalue weighted by molar-refractivity contribution is -0.143. The Kier molecular flexibility index (Phi) is 15.2. The van der Waals surface area contributed by atoms with Gasteiger partial charge in [0, 0.05) is 0 Å². The molecule has 0 aromatic heterocycles. The summed E-state index contributed by atoms with van der Waals surface area (Å²) in [6.45, 7) is 3.54. The number of hydrogen-bond acceptors (Lipinski definition) is 8. The number of aliphatic hydroxyl groups is 1. The normalized spacial score (nSPS) is 14.8. The van der Waals surface area contributed by atoms with E-state index in [0.29, 0.717) is 45.2 Å². The predicted molar refractivity (Wildman–Crippen MR) is 119 cm³/mol. The molecule has 0 aliphatic heterocycles. The Hall–Kier alpha value is -2.28. The molecule has 11 N–H and O–H groups in total. The van der Waals surface area contributed by atoms with Crippen molar-refractivity contribution in [1.29, 1.82) is 0 Å². The van der Waals surface area contributed by atoms with Gasteiger partial charge in [0.25, 0.3) is 0 Å². The summed E-state index contributed by atoms with van der Waals surface area (Å²) in [5, 5.41) is 26.2. The smallest absolute Gasteiger partial charge is 0.326 e. The van der Waals surface area contributed by atoms with Crippen molar-refractivity contribution in [2.75, 3.05) is 19.7 Å². The third kappa shape index (κ3) is 11.4. The fraction of sp³-hybridized carbons (Fsp3) is 0.800. The standard InChI is InChI=1S/C20H40N6O6/c1-12(2)16(19(30)24-14(20(31)32)8-4-6-10-22)26-18(29)15(11-27)25-17(28)13(23)7-3-5-9-21/h12-16,27H,3-11,21-23H2,1-2H3,(H,24,30)(H,25,28)(H,26,29)(H,31,32). The number of carbonyl (C=O) groups excluding carboxylic acids is 3. The molecule has 0 rings (SSSR count). The van der Waals surface area contributed by atoms with Gasteiger partial charge >= 0.3 is 5.97 Å². The van der Waals surface area contributed by atoms with E-state index in [1.807, 2.05) is 0 Å². The minimum absolute atomic E-state index is 0.203. The molecular formula is C20H40N6O6. The molecular weight excluding hydrogens is 420 g/mol. The van der Waals surface area contributed by atoms with E-state index < -0.39 is 54.5 Å². The molecule has 0 aliphatic rings. The minimum Gasteiger partial charge on any atom is -0.480 e. The topological polar surface area (TPSA) is 223 Å². The number of nitrogens with one attached hydrogen (secondary N) is 3. The minimum atomic E-state index is -1.31. The summed E-state index contributed by atoms with van der Waals surface area (Å²) in [5.41, 5.74) is 16.6. The number of nitrogens with two attached hydrogens (primary N) is 3. The van der Waals surface area contributed by atoms with Gasteiger partial charge in [-0.05, 0) is 51.1 Å². The molecule has 0 saturated carbocycles. The number of carboxylic acid groups (broad SMARTS) is 1. The summed E-state index contributed by atoms with van der Waals surface area (Å²) in [5.74, 6) is -3.62. The zero-order chi connectivity index (χ0) is 24.7. The number of rotatable bonds is 17. The lowest BCUT2D eigenvalue weighted by atomic mass is 10.0. The van der Waals surface area contributed by atoms with Crippen LogP contribution in [0.25, 0.3) is 0 Å². The Labute approximate surface area is 189 Å². The molecule has 12 heteroatoms. The van der Waals surface area contributed by atoms with Crippen molar-refractivity contribution in [3.05, 3.63) is 0 Å². The van der Waals surface area contributed by atoms with Crippen molar-refractivity contribution in [1.82, 2.24) is 16.0 Å². The Morgan fingerprint density at radius 1 is 0.781 bits per heavy atom. The zero-order valence-electron chi connectivity index (χ0n) is 19.0. The van der Waals surface area contributed by atoms with Crippen molar-refractivity contribution < 1.29 is 29.4 Å². The van der Waals surface area contributed by atoms with Gasteiger partial charge in [-0.15, -0.1) is 0 Å². The Bertz CT molecular complexity index is 603. The van der Waals surface area contributed by atoms with E-state index in [0.717, 1.165) is 0 Å². The van der Waals surface area contributed by atoms with Gasteiger partial charge in [-0.3, -0.25) is 14.4 Å². The number of aliphatic hydroxyl groups excluding tert-OH is 1. The maximum Gasteiger partial charge on any atom is 0.326 e. The van der Waals surface area contributed by atoms with E-state index in [1.54, 1.807) is 13.8 Å². The average molecular weight is 461 g/mol. The first-order chi connectivity index (χ1) is 15.1. The van der Waals surface area contributed by atoms with Gasteiger partial charge in [0.2, 0.25) is 17.7 Å². The third-order valence-corrected chi connectivity index (χ3v) is 4.93. The van der Waals surface area contributed by atoms with Gasteiger partial charge in [0.05, 0.1) is 12.6 Å². The Morgan fingerprint density at radius 3 is 1.78 bits per heavy atom. The largest absolute Gasteiger partial charge is 0.480 e. The quantitative estimate of drug-likeness (QED) is 0.110. The van der Waals surface area contributed by atoms with Crippen LogP contribution < -0.4 is 33.2 Å². The molecule has 12 nitrogen and oxygen atoms in total. The molecule has 4 atom stereocenters. The molecule has 0 aromatic carbocycles. The second kappa shape index (κ2) is 16.4. The van der Waals surface area contributed by atoms with Crippen molar-refractivity contribution in [3.63, 3.8) is 0 Å². The molecule has 0 fully saturated rings. The second-order valence-electron chi connectivity index (χ2n) is 8.05. The molecule has 0 spiro atoms. The van der Waals surface area contributed by atoms with Gasteiger partial charge in [0.15, 0.2) is 0 Å². The highest BCUT2D eigenvalue weighted by atomic mass is 16.4. The van der Waals surface area contributed by atoms with Crippen LogP contribution in [0.5, 0.6) is 0 Å². The SMILES string of the molecule is CC(C)C(NC(=O)C(CO)NC(=O)C(N)CCCCN)C(=O)NC(CCCCN)C(=O)O. The number of hydrogen-bond donors (Lipinski definition) is 8. The maximum absolute atomic E-state index is 12.7. The third-order valence-electron chi connectivity index (χ3n) is 4.93. The highest BCUT2D eigenvalue weighted by Gasteiger charge is 2.31. The van der Waals surface area contributed by atoms with Gasteiger partial charge in [-0.25, -0.2) is 4.79 Å². The van der Waals surface area contributed by atoms with Gasteiger partial charge in [0.1, 0.15) is 18.1 Å². The number of carbonyl (C=O) groups is 4. The summed E-state index contributed by atoms with van der Waals surface area (Å²) in [6, 6.07) is -4.36. The molecule has 0 bridgehead atoms. The molecule has 0 aromatic rings. The highest BCUT2D eigenvalue weighted by molar-refractivity contribution is 5.94. The average Bonchev–Trinajstić information content (AvgIpc) is 2.74.